The Bertz CT molecular complexity index is 3550. The van der Waals surface area contributed by atoms with E-state index in [1.807, 2.05) is 60.7 Å². The number of hydrogen-bond donors (Lipinski definition) is 2. The molecule has 0 aliphatic carbocycles. The second-order valence-corrected chi connectivity index (χ2v) is 17.5. The van der Waals surface area contributed by atoms with Gasteiger partial charge in [-0.25, -0.2) is 0 Å². The van der Waals surface area contributed by atoms with Crippen LogP contribution in [0, 0.1) is 13.8 Å². The molecule has 12 rings (SSSR count). The first-order chi connectivity index (χ1) is 32.9. The molecule has 0 bridgehead atoms. The van der Waals surface area contributed by atoms with E-state index in [0.29, 0.717) is 53.6 Å². The molecule has 10 aromatic carbocycles. The molecule has 0 saturated heterocycles. The molecule has 0 aliphatic rings. The molecule has 0 atom stereocenters. The minimum atomic E-state index is 0.186. The summed E-state index contributed by atoms with van der Waals surface area (Å²) in [4.78, 5) is 0. The predicted octanol–water partition coefficient (Wildman–Crippen LogP) is 15.4. The molecule has 0 unspecified atom stereocenters. The summed E-state index contributed by atoms with van der Waals surface area (Å²) in [6.07, 6.45) is 0.581. The third kappa shape index (κ3) is 6.63. The second-order valence-electron chi connectivity index (χ2n) is 17.5. The molecular formula is C61H46N2O4. The average Bonchev–Trinajstić information content (AvgIpc) is 3.88. The van der Waals surface area contributed by atoms with E-state index in [-0.39, 0.29) is 11.5 Å². The van der Waals surface area contributed by atoms with E-state index in [2.05, 4.69) is 156 Å². The van der Waals surface area contributed by atoms with Crippen LogP contribution in [0.25, 0.3) is 98.8 Å². The zero-order chi connectivity index (χ0) is 45.2. The summed E-state index contributed by atoms with van der Waals surface area (Å²) in [5.41, 5.74) is 10.7. The van der Waals surface area contributed by atoms with Crippen LogP contribution >= 0.6 is 0 Å². The third-order valence-corrected chi connectivity index (χ3v) is 13.2. The van der Waals surface area contributed by atoms with Gasteiger partial charge in [0.1, 0.15) is 23.0 Å². The molecule has 2 heterocycles. The molecule has 0 fully saturated rings. The SMILES string of the molecule is Cc1cc(-c2c(OCCCOc3ccc4ccccc4c3-c3cc(C)cc(-n4c5ccccc5c5ccccc54)c3O)ccc3ccccc23)c(O)c(-n2c3ccccc3c3ccccc32)c1. The number of fused-ring (bicyclic) bond motifs is 8. The zero-order valence-corrected chi connectivity index (χ0v) is 37.2. The summed E-state index contributed by atoms with van der Waals surface area (Å²) < 4.78 is 17.8. The molecule has 67 heavy (non-hydrogen) atoms. The number of ether oxygens (including phenoxy) is 2. The van der Waals surface area contributed by atoms with Gasteiger partial charge in [0.15, 0.2) is 0 Å². The molecule has 0 saturated carbocycles. The van der Waals surface area contributed by atoms with Crippen LogP contribution in [0.3, 0.4) is 0 Å². The number of para-hydroxylation sites is 4. The van der Waals surface area contributed by atoms with Crippen LogP contribution < -0.4 is 9.47 Å². The van der Waals surface area contributed by atoms with Gasteiger partial charge in [-0.05, 0) is 107 Å². The van der Waals surface area contributed by atoms with E-state index in [9.17, 15) is 10.2 Å². The minimum absolute atomic E-state index is 0.186. The number of benzene rings is 10. The zero-order valence-electron chi connectivity index (χ0n) is 37.2. The highest BCUT2D eigenvalue weighted by Gasteiger charge is 2.24. The van der Waals surface area contributed by atoms with Crippen molar-refractivity contribution in [1.82, 2.24) is 9.13 Å². The van der Waals surface area contributed by atoms with Gasteiger partial charge in [-0.1, -0.05) is 133 Å². The van der Waals surface area contributed by atoms with Gasteiger partial charge in [-0.3, -0.25) is 0 Å². The Morgan fingerprint density at radius 2 is 0.701 bits per heavy atom. The first kappa shape index (κ1) is 40.1. The smallest absolute Gasteiger partial charge is 0.147 e. The van der Waals surface area contributed by atoms with E-state index in [1.54, 1.807) is 0 Å². The number of phenols is 2. The molecule has 0 radical (unpaired) electrons. The van der Waals surface area contributed by atoms with Crippen LogP contribution in [0.5, 0.6) is 23.0 Å². The summed E-state index contributed by atoms with van der Waals surface area (Å²) in [5, 5.41) is 33.5. The van der Waals surface area contributed by atoms with Crippen LogP contribution in [0.1, 0.15) is 17.5 Å². The van der Waals surface area contributed by atoms with Crippen LogP contribution in [0.2, 0.25) is 0 Å². The summed E-state index contributed by atoms with van der Waals surface area (Å²) in [5.74, 6) is 1.74. The van der Waals surface area contributed by atoms with Crippen molar-refractivity contribution in [2.45, 2.75) is 20.3 Å². The maximum Gasteiger partial charge on any atom is 0.147 e. The van der Waals surface area contributed by atoms with Crippen LogP contribution in [0.15, 0.2) is 194 Å². The normalized spacial score (nSPS) is 11.7. The van der Waals surface area contributed by atoms with Crippen LogP contribution in [-0.2, 0) is 0 Å². The Hall–Kier alpha value is -8.48. The molecule has 0 amide bonds. The van der Waals surface area contributed by atoms with Gasteiger partial charge in [-0.2, -0.15) is 0 Å². The largest absolute Gasteiger partial charge is 0.505 e. The lowest BCUT2D eigenvalue weighted by molar-refractivity contribution is 0.249. The highest BCUT2D eigenvalue weighted by atomic mass is 16.5. The van der Waals surface area contributed by atoms with Gasteiger partial charge in [-0.15, -0.1) is 0 Å². The Balaban J connectivity index is 0.884. The van der Waals surface area contributed by atoms with Gasteiger partial charge in [0, 0.05) is 50.2 Å². The lowest BCUT2D eigenvalue weighted by Gasteiger charge is -2.20. The number of nitrogens with zero attached hydrogens (tertiary/aromatic N) is 2. The third-order valence-electron chi connectivity index (χ3n) is 13.2. The summed E-state index contributed by atoms with van der Waals surface area (Å²) >= 11 is 0. The first-order valence-electron chi connectivity index (χ1n) is 22.9. The number of hydrogen-bond acceptors (Lipinski definition) is 4. The fraction of sp³-hybridized carbons (Fsp3) is 0.0820. The Kier molecular flexibility index (Phi) is 9.68. The number of aromatic hydroxyl groups is 2. The Labute approximate surface area is 387 Å². The Morgan fingerprint density at radius 3 is 1.07 bits per heavy atom. The van der Waals surface area contributed by atoms with E-state index in [0.717, 1.165) is 87.4 Å². The van der Waals surface area contributed by atoms with Crippen molar-refractivity contribution in [2.75, 3.05) is 13.2 Å². The van der Waals surface area contributed by atoms with Crippen LogP contribution in [-0.4, -0.2) is 32.6 Å². The average molecular weight is 871 g/mol. The van der Waals surface area contributed by atoms with Crippen molar-refractivity contribution in [1.29, 1.82) is 0 Å². The maximum atomic E-state index is 12.5. The molecule has 2 N–H and O–H groups in total. The Morgan fingerprint density at radius 1 is 0.373 bits per heavy atom. The molecule has 324 valence electrons. The number of phenolic OH excluding ortho intramolecular Hbond substituents is 2. The lowest BCUT2D eigenvalue weighted by Crippen LogP contribution is -2.07. The van der Waals surface area contributed by atoms with E-state index < -0.39 is 0 Å². The standard InChI is InChI=1S/C61H46N2O4/c1-38-34-48(60(64)54(36-38)62-50-24-11-7-20-44(50)45-21-8-12-25-51(45)62)58-42-18-5-3-16-40(42)28-30-56(58)66-32-15-33-67-57-31-29-41-17-4-6-19-43(41)59(57)49-35-39(2)37-55(61(49)65)63-52-26-13-9-22-46(52)47-23-10-14-27-53(47)63/h3-14,16-31,34-37,64-65H,15,32-33H2,1-2H3. The van der Waals surface area contributed by atoms with Gasteiger partial charge < -0.3 is 28.8 Å². The lowest BCUT2D eigenvalue weighted by atomic mass is 9.94. The molecule has 0 spiro atoms. The van der Waals surface area contributed by atoms with Gasteiger partial charge in [0.05, 0.1) is 46.7 Å². The van der Waals surface area contributed by atoms with E-state index >= 15 is 0 Å². The van der Waals surface area contributed by atoms with Crippen molar-refractivity contribution in [3.63, 3.8) is 0 Å². The molecule has 0 aliphatic heterocycles. The van der Waals surface area contributed by atoms with E-state index in [4.69, 9.17) is 9.47 Å². The van der Waals surface area contributed by atoms with Crippen molar-refractivity contribution in [2.24, 2.45) is 0 Å². The molecule has 6 nitrogen and oxygen atoms in total. The maximum absolute atomic E-state index is 12.5. The number of aromatic nitrogens is 2. The van der Waals surface area contributed by atoms with Gasteiger partial charge in [0.2, 0.25) is 0 Å². The van der Waals surface area contributed by atoms with E-state index in [1.165, 1.54) is 0 Å². The van der Waals surface area contributed by atoms with Gasteiger partial charge in [0.25, 0.3) is 0 Å². The molecule has 6 heteroatoms. The molecule has 12 aromatic rings. The summed E-state index contributed by atoms with van der Waals surface area (Å²) in [6, 6.07) is 66.3. The predicted molar refractivity (Wildman–Crippen MR) is 276 cm³/mol. The molecule has 2 aromatic heterocycles. The molecular weight excluding hydrogens is 825 g/mol. The van der Waals surface area contributed by atoms with Crippen LogP contribution in [0.4, 0.5) is 0 Å². The van der Waals surface area contributed by atoms with Gasteiger partial charge >= 0.3 is 0 Å². The highest BCUT2D eigenvalue weighted by Crippen LogP contribution is 2.48. The topological polar surface area (TPSA) is 68.8 Å². The summed E-state index contributed by atoms with van der Waals surface area (Å²) in [6.45, 7) is 4.89. The fourth-order valence-electron chi connectivity index (χ4n) is 10.3. The first-order valence-corrected chi connectivity index (χ1v) is 22.9. The quantitative estimate of drug-likeness (QED) is 0.134. The highest BCUT2D eigenvalue weighted by molar-refractivity contribution is 6.11. The summed E-state index contributed by atoms with van der Waals surface area (Å²) in [7, 11) is 0. The monoisotopic (exact) mass is 870 g/mol. The number of aryl methyl sites for hydroxylation is 2. The number of rotatable bonds is 10. The van der Waals surface area contributed by atoms with Crippen molar-refractivity contribution in [3.8, 4) is 56.6 Å². The van der Waals surface area contributed by atoms with Crippen molar-refractivity contribution < 1.29 is 19.7 Å². The second kappa shape index (κ2) is 16.2. The fourth-order valence-corrected chi connectivity index (χ4v) is 10.3. The van der Waals surface area contributed by atoms with Crippen molar-refractivity contribution in [3.05, 3.63) is 205 Å². The minimum Gasteiger partial charge on any atom is -0.505 e. The van der Waals surface area contributed by atoms with Crippen molar-refractivity contribution >= 4 is 65.2 Å².